The maximum atomic E-state index is 13.2. The Hall–Kier alpha value is -2.77. The maximum absolute atomic E-state index is 13.2. The van der Waals surface area contributed by atoms with Gasteiger partial charge in [-0.3, -0.25) is 4.79 Å². The first-order valence-electron chi connectivity index (χ1n) is 9.68. The minimum absolute atomic E-state index is 0.202. The van der Waals surface area contributed by atoms with Gasteiger partial charge in [0.2, 0.25) is 0 Å². The van der Waals surface area contributed by atoms with Gasteiger partial charge in [-0.1, -0.05) is 12.1 Å². The van der Waals surface area contributed by atoms with E-state index < -0.39 is 11.5 Å². The molecule has 1 saturated heterocycles. The van der Waals surface area contributed by atoms with Crippen LogP contribution < -0.4 is 0 Å². The molecule has 4 rings (SSSR count). The molecule has 3 heterocycles. The lowest BCUT2D eigenvalue weighted by atomic mass is 9.73. The van der Waals surface area contributed by atoms with Gasteiger partial charge in [-0.2, -0.15) is 0 Å². The van der Waals surface area contributed by atoms with Gasteiger partial charge in [0.25, 0.3) is 5.91 Å². The lowest BCUT2D eigenvalue weighted by Crippen LogP contribution is -2.56. The van der Waals surface area contributed by atoms with Crippen molar-refractivity contribution < 1.29 is 19.4 Å². The number of amides is 1. The number of piperidine rings is 1. The van der Waals surface area contributed by atoms with Gasteiger partial charge in [-0.25, -0.2) is 9.37 Å². The van der Waals surface area contributed by atoms with Gasteiger partial charge in [0, 0.05) is 30.9 Å². The molecule has 0 spiro atoms. The summed E-state index contributed by atoms with van der Waals surface area (Å²) in [6.07, 6.45) is 3.51. The molecule has 152 valence electrons. The predicted molar refractivity (Wildman–Crippen MR) is 106 cm³/mol. The predicted octanol–water partition coefficient (Wildman–Crippen LogP) is 2.21. The molecule has 0 radical (unpaired) electrons. The molecule has 2 N–H and O–H groups in total. The van der Waals surface area contributed by atoms with Gasteiger partial charge < -0.3 is 19.5 Å². The number of pyridine rings is 1. The van der Waals surface area contributed by atoms with Crippen molar-refractivity contribution in [1.29, 1.82) is 0 Å². The maximum Gasteiger partial charge on any atom is 0.274 e. The number of aryl methyl sites for hydroxylation is 1. The normalized spacial score (nSPS) is 22.2. The Labute approximate surface area is 168 Å². The number of nitrogens with zero attached hydrogens (tertiary/aromatic N) is 3. The number of fused-ring (bicyclic) bond motifs is 1. The number of imidazole rings is 1. The van der Waals surface area contributed by atoms with E-state index in [1.54, 1.807) is 27.6 Å². The fraction of sp³-hybridized carbons (Fsp3) is 0.364. The van der Waals surface area contributed by atoms with Crippen LogP contribution in [0.1, 0.15) is 28.0 Å². The number of benzene rings is 1. The fourth-order valence-electron chi connectivity index (χ4n) is 4.06. The third-order valence-corrected chi connectivity index (χ3v) is 5.79. The van der Waals surface area contributed by atoms with Crippen LogP contribution in [0.2, 0.25) is 0 Å². The van der Waals surface area contributed by atoms with Crippen LogP contribution >= 0.6 is 0 Å². The third-order valence-electron chi connectivity index (χ3n) is 5.79. The van der Waals surface area contributed by atoms with Crippen LogP contribution in [0.15, 0.2) is 48.8 Å². The Kier molecular flexibility index (Phi) is 5.10. The Bertz CT molecular complexity index is 1030. The van der Waals surface area contributed by atoms with Crippen molar-refractivity contribution in [2.75, 3.05) is 19.7 Å². The van der Waals surface area contributed by atoms with E-state index in [1.165, 1.54) is 12.1 Å². The molecular formula is C22H24FN3O3. The van der Waals surface area contributed by atoms with Crippen molar-refractivity contribution in [2.45, 2.75) is 25.9 Å². The topological polar surface area (TPSA) is 78.1 Å². The van der Waals surface area contributed by atoms with Crippen molar-refractivity contribution in [3.63, 3.8) is 0 Å². The summed E-state index contributed by atoms with van der Waals surface area (Å²) in [5.41, 5.74) is 1.99. The fourth-order valence-corrected chi connectivity index (χ4v) is 4.06. The first kappa shape index (κ1) is 19.5. The van der Waals surface area contributed by atoms with E-state index in [9.17, 15) is 19.4 Å². The molecule has 2 aromatic heterocycles. The van der Waals surface area contributed by atoms with Crippen LogP contribution in [-0.4, -0.2) is 56.2 Å². The number of hydrogen-bond donors (Lipinski definition) is 2. The summed E-state index contributed by atoms with van der Waals surface area (Å²) in [5.74, 6) is -0.565. The molecule has 29 heavy (non-hydrogen) atoms. The molecule has 0 aliphatic carbocycles. The monoisotopic (exact) mass is 397 g/mol. The van der Waals surface area contributed by atoms with E-state index in [4.69, 9.17) is 0 Å². The lowest BCUT2D eigenvalue weighted by Gasteiger charge is -2.45. The minimum atomic E-state index is -0.901. The van der Waals surface area contributed by atoms with Crippen LogP contribution in [0.5, 0.6) is 0 Å². The summed E-state index contributed by atoms with van der Waals surface area (Å²) in [7, 11) is 0. The molecule has 6 nitrogen and oxygen atoms in total. The average molecular weight is 397 g/mol. The van der Waals surface area contributed by atoms with E-state index in [0.29, 0.717) is 30.7 Å². The number of aliphatic hydroxyl groups is 2. The highest BCUT2D eigenvalue weighted by atomic mass is 19.1. The van der Waals surface area contributed by atoms with Gasteiger partial charge in [0.15, 0.2) is 0 Å². The number of aliphatic hydroxyl groups excluding tert-OH is 2. The molecule has 7 heteroatoms. The van der Waals surface area contributed by atoms with E-state index in [0.717, 1.165) is 11.1 Å². The summed E-state index contributed by atoms with van der Waals surface area (Å²) < 4.78 is 15.0. The van der Waals surface area contributed by atoms with Gasteiger partial charge in [-0.05, 0) is 55.2 Å². The highest BCUT2D eigenvalue weighted by Gasteiger charge is 2.44. The van der Waals surface area contributed by atoms with Crippen LogP contribution in [0.3, 0.4) is 0 Å². The average Bonchev–Trinajstić information content (AvgIpc) is 3.14. The highest BCUT2D eigenvalue weighted by Crippen LogP contribution is 2.34. The number of rotatable bonds is 4. The van der Waals surface area contributed by atoms with Crippen molar-refractivity contribution in [2.24, 2.45) is 5.41 Å². The molecule has 2 atom stereocenters. The first-order chi connectivity index (χ1) is 13.9. The zero-order valence-corrected chi connectivity index (χ0v) is 16.3. The summed E-state index contributed by atoms with van der Waals surface area (Å²) in [6, 6.07) is 9.85. The molecule has 3 aromatic rings. The summed E-state index contributed by atoms with van der Waals surface area (Å²) in [4.78, 5) is 19.2. The molecule has 1 aliphatic heterocycles. The number of carbonyl (C=O) groups is 1. The highest BCUT2D eigenvalue weighted by molar-refractivity contribution is 5.93. The molecule has 1 amide bonds. The molecule has 1 aromatic carbocycles. The van der Waals surface area contributed by atoms with E-state index in [2.05, 4.69) is 4.98 Å². The van der Waals surface area contributed by atoms with Crippen LogP contribution in [-0.2, 0) is 6.42 Å². The number of halogens is 1. The van der Waals surface area contributed by atoms with Gasteiger partial charge in [0.1, 0.15) is 17.2 Å². The van der Waals surface area contributed by atoms with Crippen molar-refractivity contribution in [3.8, 4) is 0 Å². The largest absolute Gasteiger partial charge is 0.396 e. The number of likely N-dealkylation sites (tertiary alicyclic amines) is 1. The third kappa shape index (κ3) is 3.75. The first-order valence-corrected chi connectivity index (χ1v) is 9.68. The molecule has 1 aliphatic rings. The van der Waals surface area contributed by atoms with E-state index in [1.807, 2.05) is 25.3 Å². The summed E-state index contributed by atoms with van der Waals surface area (Å²) in [5, 5.41) is 20.8. The zero-order chi connectivity index (χ0) is 20.6. The zero-order valence-electron chi connectivity index (χ0n) is 16.3. The molecule has 0 bridgehead atoms. The Balaban J connectivity index is 1.59. The van der Waals surface area contributed by atoms with Crippen molar-refractivity contribution in [1.82, 2.24) is 14.3 Å². The second kappa shape index (κ2) is 7.57. The number of carbonyl (C=O) groups excluding carboxylic acids is 1. The van der Waals surface area contributed by atoms with Crippen molar-refractivity contribution in [3.05, 3.63) is 71.4 Å². The summed E-state index contributed by atoms with van der Waals surface area (Å²) in [6.45, 7) is 2.28. The quantitative estimate of drug-likeness (QED) is 0.708. The standard InChI is InChI=1S/C22H24FN3O3/c1-15-6-8-25-12-18(24-20(25)10-15)21(29)26-9-7-19(28)22(13-26,14-27)11-16-2-4-17(23)5-3-16/h2-6,8,10,12,19,27-28H,7,9,11,13-14H2,1H3/t19-,22-/m0/s1. The second-order valence-corrected chi connectivity index (χ2v) is 7.95. The second-order valence-electron chi connectivity index (χ2n) is 7.95. The van der Waals surface area contributed by atoms with Crippen LogP contribution in [0, 0.1) is 18.2 Å². The SMILES string of the molecule is Cc1ccn2cc(C(=O)N3CC[C@H](O)[C@@](CO)(Cc4ccc(F)cc4)C3)nc2c1. The number of hydrogen-bond acceptors (Lipinski definition) is 4. The molecule has 0 unspecified atom stereocenters. The van der Waals surface area contributed by atoms with E-state index >= 15 is 0 Å². The molecule has 0 saturated carbocycles. The van der Waals surface area contributed by atoms with Gasteiger partial charge >= 0.3 is 0 Å². The van der Waals surface area contributed by atoms with Gasteiger partial charge in [0.05, 0.1) is 12.7 Å². The molecule has 1 fully saturated rings. The smallest absolute Gasteiger partial charge is 0.274 e. The minimum Gasteiger partial charge on any atom is -0.396 e. The number of aromatic nitrogens is 2. The van der Waals surface area contributed by atoms with Crippen LogP contribution in [0.25, 0.3) is 5.65 Å². The summed E-state index contributed by atoms with van der Waals surface area (Å²) >= 11 is 0. The Morgan fingerprint density at radius 3 is 2.79 bits per heavy atom. The Morgan fingerprint density at radius 2 is 2.07 bits per heavy atom. The van der Waals surface area contributed by atoms with Crippen LogP contribution in [0.4, 0.5) is 4.39 Å². The van der Waals surface area contributed by atoms with Crippen molar-refractivity contribution >= 4 is 11.6 Å². The lowest BCUT2D eigenvalue weighted by molar-refractivity contribution is -0.0669. The molecular weight excluding hydrogens is 373 g/mol. The van der Waals surface area contributed by atoms with E-state index in [-0.39, 0.29) is 24.9 Å². The van der Waals surface area contributed by atoms with Gasteiger partial charge in [-0.15, -0.1) is 0 Å². The Morgan fingerprint density at radius 1 is 1.31 bits per heavy atom.